The molecule has 0 spiro atoms. The lowest BCUT2D eigenvalue weighted by molar-refractivity contribution is -0.384. The minimum atomic E-state index is -0.595. The van der Waals surface area contributed by atoms with Crippen molar-refractivity contribution in [2.75, 3.05) is 0 Å². The molecule has 1 saturated carbocycles. The van der Waals surface area contributed by atoms with Gasteiger partial charge in [-0.3, -0.25) is 14.9 Å². The molecular formula is C14H16Cl2N2O3. The number of non-ortho nitro benzene ring substituents is 1. The third-order valence-electron chi connectivity index (χ3n) is 3.90. The first kappa shape index (κ1) is 16.0. The van der Waals surface area contributed by atoms with Crippen molar-refractivity contribution in [3.8, 4) is 0 Å². The van der Waals surface area contributed by atoms with Gasteiger partial charge in [-0.1, -0.05) is 43.0 Å². The van der Waals surface area contributed by atoms with E-state index in [1.165, 1.54) is 0 Å². The van der Waals surface area contributed by atoms with Crippen LogP contribution in [0.5, 0.6) is 0 Å². The average molecular weight is 331 g/mol. The Bertz CT molecular complexity index is 578. The first-order valence-corrected chi connectivity index (χ1v) is 7.60. The highest BCUT2D eigenvalue weighted by atomic mass is 35.5. The number of carbonyl (C=O) groups excluding carboxylic acids is 1. The van der Waals surface area contributed by atoms with Crippen LogP contribution in [0.3, 0.4) is 0 Å². The third kappa shape index (κ3) is 3.66. The summed E-state index contributed by atoms with van der Waals surface area (Å²) in [5.41, 5.74) is -0.195. The molecule has 1 aliphatic carbocycles. The van der Waals surface area contributed by atoms with E-state index in [-0.39, 0.29) is 27.3 Å². The quantitative estimate of drug-likeness (QED) is 0.666. The van der Waals surface area contributed by atoms with Crippen LogP contribution < -0.4 is 5.32 Å². The van der Waals surface area contributed by atoms with Crippen molar-refractivity contribution >= 4 is 34.8 Å². The van der Waals surface area contributed by atoms with Crippen molar-refractivity contribution in [2.45, 2.75) is 38.6 Å². The summed E-state index contributed by atoms with van der Waals surface area (Å²) in [7, 11) is 0. The second-order valence-electron chi connectivity index (χ2n) is 5.39. The van der Waals surface area contributed by atoms with E-state index >= 15 is 0 Å². The van der Waals surface area contributed by atoms with Gasteiger partial charge in [0, 0.05) is 18.2 Å². The Morgan fingerprint density at radius 2 is 2.00 bits per heavy atom. The van der Waals surface area contributed by atoms with E-state index in [4.69, 9.17) is 23.2 Å². The molecule has 0 radical (unpaired) electrons. The van der Waals surface area contributed by atoms with Crippen LogP contribution in [-0.2, 0) is 0 Å². The molecule has 2 rings (SSSR count). The fourth-order valence-electron chi connectivity index (χ4n) is 2.62. The lowest BCUT2D eigenvalue weighted by Gasteiger charge is -2.29. The van der Waals surface area contributed by atoms with Crippen molar-refractivity contribution in [2.24, 2.45) is 5.92 Å². The highest BCUT2D eigenvalue weighted by Gasteiger charge is 2.25. The molecule has 0 heterocycles. The number of carbonyl (C=O) groups is 1. The predicted octanol–water partition coefficient (Wildman–Crippen LogP) is 4.21. The molecule has 2 atom stereocenters. The average Bonchev–Trinajstić information content (AvgIpc) is 2.43. The summed E-state index contributed by atoms with van der Waals surface area (Å²) >= 11 is 11.9. The van der Waals surface area contributed by atoms with Gasteiger partial charge in [0.05, 0.1) is 20.5 Å². The maximum Gasteiger partial charge on any atom is 0.271 e. The van der Waals surface area contributed by atoms with Gasteiger partial charge in [-0.25, -0.2) is 0 Å². The zero-order valence-corrected chi connectivity index (χ0v) is 13.1. The molecule has 0 bridgehead atoms. The van der Waals surface area contributed by atoms with Gasteiger partial charge in [0.25, 0.3) is 11.6 Å². The van der Waals surface area contributed by atoms with Gasteiger partial charge in [-0.15, -0.1) is 0 Å². The van der Waals surface area contributed by atoms with E-state index in [2.05, 4.69) is 12.2 Å². The molecule has 1 aromatic rings. The van der Waals surface area contributed by atoms with Gasteiger partial charge in [-0.05, 0) is 18.8 Å². The highest BCUT2D eigenvalue weighted by molar-refractivity contribution is 6.44. The molecule has 1 fully saturated rings. The van der Waals surface area contributed by atoms with Crippen molar-refractivity contribution in [3.63, 3.8) is 0 Å². The maximum absolute atomic E-state index is 12.3. The van der Waals surface area contributed by atoms with Crippen molar-refractivity contribution in [3.05, 3.63) is 37.9 Å². The molecule has 5 nitrogen and oxygen atoms in total. The minimum absolute atomic E-state index is 0.00714. The van der Waals surface area contributed by atoms with E-state index in [0.717, 1.165) is 37.8 Å². The van der Waals surface area contributed by atoms with Crippen LogP contribution >= 0.6 is 23.2 Å². The van der Waals surface area contributed by atoms with Gasteiger partial charge in [0.15, 0.2) is 0 Å². The highest BCUT2D eigenvalue weighted by Crippen LogP contribution is 2.31. The summed E-state index contributed by atoms with van der Waals surface area (Å²) in [6.45, 7) is 2.09. The lowest BCUT2D eigenvalue weighted by atomic mass is 9.86. The summed E-state index contributed by atoms with van der Waals surface area (Å²) in [6, 6.07) is 2.38. The number of benzene rings is 1. The second-order valence-corrected chi connectivity index (χ2v) is 6.17. The van der Waals surface area contributed by atoms with Crippen molar-refractivity contribution in [1.29, 1.82) is 0 Å². The molecule has 1 aliphatic rings. The van der Waals surface area contributed by atoms with Crippen LogP contribution in [0.2, 0.25) is 10.0 Å². The van der Waals surface area contributed by atoms with Gasteiger partial charge >= 0.3 is 0 Å². The molecule has 1 amide bonds. The molecule has 2 unspecified atom stereocenters. The topological polar surface area (TPSA) is 72.2 Å². The Kier molecular flexibility index (Phi) is 5.06. The Morgan fingerprint density at radius 3 is 2.62 bits per heavy atom. The number of nitro groups is 1. The number of hydrogen-bond donors (Lipinski definition) is 1. The van der Waals surface area contributed by atoms with Crippen LogP contribution in [0, 0.1) is 16.0 Å². The van der Waals surface area contributed by atoms with Crippen LogP contribution in [0.15, 0.2) is 12.1 Å². The fourth-order valence-corrected chi connectivity index (χ4v) is 3.03. The van der Waals surface area contributed by atoms with Crippen LogP contribution in [0.25, 0.3) is 0 Å². The number of amides is 1. The summed E-state index contributed by atoms with van der Waals surface area (Å²) in [6.07, 6.45) is 4.21. The Morgan fingerprint density at radius 1 is 1.33 bits per heavy atom. The normalized spacial score (nSPS) is 21.9. The Balaban J connectivity index is 2.24. The zero-order valence-electron chi connectivity index (χ0n) is 11.6. The van der Waals surface area contributed by atoms with E-state index < -0.39 is 10.8 Å². The number of nitrogens with one attached hydrogen (secondary N) is 1. The SMILES string of the molecule is CC1CCCCC1NC(=O)c1cc([N+](=O)[O-])cc(Cl)c1Cl. The number of rotatable bonds is 3. The minimum Gasteiger partial charge on any atom is -0.349 e. The van der Waals surface area contributed by atoms with Crippen molar-refractivity contribution < 1.29 is 9.72 Å². The molecular weight excluding hydrogens is 315 g/mol. The standard InChI is InChI=1S/C14H16Cl2N2O3/c1-8-4-2-3-5-12(8)17-14(19)10-6-9(18(20)21)7-11(15)13(10)16/h6-8,12H,2-5H2,1H3,(H,17,19). The molecule has 7 heteroatoms. The lowest BCUT2D eigenvalue weighted by Crippen LogP contribution is -2.41. The molecule has 1 aromatic carbocycles. The van der Waals surface area contributed by atoms with Crippen LogP contribution in [-0.4, -0.2) is 16.9 Å². The van der Waals surface area contributed by atoms with Gasteiger partial charge in [-0.2, -0.15) is 0 Å². The number of halogens is 2. The summed E-state index contributed by atoms with van der Waals surface area (Å²) < 4.78 is 0. The molecule has 1 N–H and O–H groups in total. The maximum atomic E-state index is 12.3. The summed E-state index contributed by atoms with van der Waals surface area (Å²) in [5, 5.41) is 13.8. The van der Waals surface area contributed by atoms with Crippen molar-refractivity contribution in [1.82, 2.24) is 5.32 Å². The molecule has 0 saturated heterocycles. The summed E-state index contributed by atoms with van der Waals surface area (Å²) in [5.74, 6) is -0.0278. The van der Waals surface area contributed by atoms with Gasteiger partial charge in [0.2, 0.25) is 0 Å². The van der Waals surface area contributed by atoms with Crippen LogP contribution in [0.4, 0.5) is 5.69 Å². The van der Waals surface area contributed by atoms with Gasteiger partial charge in [0.1, 0.15) is 0 Å². The zero-order chi connectivity index (χ0) is 15.6. The van der Waals surface area contributed by atoms with Crippen LogP contribution in [0.1, 0.15) is 43.0 Å². The van der Waals surface area contributed by atoms with E-state index in [0.29, 0.717) is 5.92 Å². The smallest absolute Gasteiger partial charge is 0.271 e. The second kappa shape index (κ2) is 6.62. The monoisotopic (exact) mass is 330 g/mol. The number of nitro benzene ring substituents is 1. The Labute approximate surface area is 132 Å². The summed E-state index contributed by atoms with van der Waals surface area (Å²) in [4.78, 5) is 22.6. The number of hydrogen-bond acceptors (Lipinski definition) is 3. The molecule has 21 heavy (non-hydrogen) atoms. The number of nitrogens with zero attached hydrogens (tertiary/aromatic N) is 1. The largest absolute Gasteiger partial charge is 0.349 e. The molecule has 0 aliphatic heterocycles. The first-order valence-electron chi connectivity index (χ1n) is 6.84. The third-order valence-corrected chi connectivity index (χ3v) is 4.70. The van der Waals surface area contributed by atoms with Gasteiger partial charge < -0.3 is 5.32 Å². The fraction of sp³-hybridized carbons (Fsp3) is 0.500. The molecule has 0 aromatic heterocycles. The van der Waals surface area contributed by atoms with E-state index in [9.17, 15) is 14.9 Å². The Hall–Kier alpha value is -1.33. The predicted molar refractivity (Wildman–Crippen MR) is 82.0 cm³/mol. The van der Waals surface area contributed by atoms with E-state index in [1.807, 2.05) is 0 Å². The molecule has 114 valence electrons. The first-order chi connectivity index (χ1) is 9.90. The van der Waals surface area contributed by atoms with E-state index in [1.54, 1.807) is 0 Å².